The maximum Gasteiger partial charge on any atom is 0.305 e. The van der Waals surface area contributed by atoms with Crippen molar-refractivity contribution in [1.29, 1.82) is 0 Å². The minimum atomic E-state index is -0.902. The lowest BCUT2D eigenvalue weighted by atomic mass is 10.1. The summed E-state index contributed by atoms with van der Waals surface area (Å²) in [6, 6.07) is 10.2. The van der Waals surface area contributed by atoms with Crippen molar-refractivity contribution in [1.82, 2.24) is 14.7 Å². The van der Waals surface area contributed by atoms with Crippen LogP contribution in [0.5, 0.6) is 0 Å². The molecule has 2 aromatic rings. The zero-order chi connectivity index (χ0) is 18.5. The molecule has 1 saturated carbocycles. The second kappa shape index (κ2) is 8.17. The molecule has 26 heavy (non-hydrogen) atoms. The molecule has 0 bridgehead atoms. The van der Waals surface area contributed by atoms with Crippen molar-refractivity contribution in [2.75, 3.05) is 13.1 Å². The van der Waals surface area contributed by atoms with Gasteiger partial charge in [0.15, 0.2) is 0 Å². The normalized spacial score (nSPS) is 14.5. The molecular formula is C20H25N3O3. The number of benzene rings is 1. The quantitative estimate of drug-likeness (QED) is 0.823. The van der Waals surface area contributed by atoms with Gasteiger partial charge in [-0.3, -0.25) is 14.3 Å². The maximum atomic E-state index is 13.1. The lowest BCUT2D eigenvalue weighted by Crippen LogP contribution is -2.33. The Morgan fingerprint density at radius 3 is 2.54 bits per heavy atom. The fourth-order valence-corrected chi connectivity index (χ4v) is 3.63. The summed E-state index contributed by atoms with van der Waals surface area (Å²) in [5.74, 6) is -1.06. The van der Waals surface area contributed by atoms with Gasteiger partial charge in [0.05, 0.1) is 29.9 Å². The van der Waals surface area contributed by atoms with E-state index in [0.29, 0.717) is 18.2 Å². The van der Waals surface area contributed by atoms with Crippen LogP contribution in [-0.4, -0.2) is 44.8 Å². The highest BCUT2D eigenvalue weighted by atomic mass is 16.4. The summed E-state index contributed by atoms with van der Waals surface area (Å²) in [6.07, 6.45) is 6.10. The van der Waals surface area contributed by atoms with Crippen LogP contribution in [0, 0.1) is 0 Å². The molecular weight excluding hydrogens is 330 g/mol. The Balaban J connectivity index is 1.98. The Kier molecular flexibility index (Phi) is 5.71. The molecule has 0 aliphatic heterocycles. The van der Waals surface area contributed by atoms with Crippen LogP contribution in [0.15, 0.2) is 36.5 Å². The first-order chi connectivity index (χ1) is 12.6. The first-order valence-electron chi connectivity index (χ1n) is 9.25. The number of carbonyl (C=O) groups is 2. The number of carboxylic acids is 1. The highest BCUT2D eigenvalue weighted by Crippen LogP contribution is 2.35. The summed E-state index contributed by atoms with van der Waals surface area (Å²) in [6.45, 7) is 2.53. The number of carbonyl (C=O) groups excluding carboxylic acids is 1. The first-order valence-corrected chi connectivity index (χ1v) is 9.25. The van der Waals surface area contributed by atoms with Crippen LogP contribution in [-0.2, 0) is 4.79 Å². The van der Waals surface area contributed by atoms with Crippen LogP contribution in [0.25, 0.3) is 11.3 Å². The van der Waals surface area contributed by atoms with Gasteiger partial charge in [-0.15, -0.1) is 0 Å². The molecule has 1 heterocycles. The van der Waals surface area contributed by atoms with Crippen molar-refractivity contribution in [2.24, 2.45) is 0 Å². The molecule has 6 heteroatoms. The third kappa shape index (κ3) is 3.79. The number of amides is 1. The number of aliphatic carboxylic acids is 1. The molecule has 1 aromatic carbocycles. The van der Waals surface area contributed by atoms with Gasteiger partial charge in [-0.2, -0.15) is 5.10 Å². The molecule has 1 fully saturated rings. The fourth-order valence-electron chi connectivity index (χ4n) is 3.63. The van der Waals surface area contributed by atoms with Crippen LogP contribution in [0.3, 0.4) is 0 Å². The van der Waals surface area contributed by atoms with Gasteiger partial charge in [0.1, 0.15) is 0 Å². The Morgan fingerprint density at radius 2 is 1.92 bits per heavy atom. The van der Waals surface area contributed by atoms with Gasteiger partial charge >= 0.3 is 5.97 Å². The number of rotatable bonds is 7. The lowest BCUT2D eigenvalue weighted by molar-refractivity contribution is -0.137. The van der Waals surface area contributed by atoms with Crippen LogP contribution < -0.4 is 0 Å². The van der Waals surface area contributed by atoms with Crippen molar-refractivity contribution in [3.05, 3.63) is 42.1 Å². The van der Waals surface area contributed by atoms with E-state index in [4.69, 9.17) is 5.11 Å². The molecule has 0 unspecified atom stereocenters. The van der Waals surface area contributed by atoms with Crippen LogP contribution in [0.1, 0.15) is 55.4 Å². The number of hydrogen-bond acceptors (Lipinski definition) is 3. The molecule has 3 rings (SSSR count). The summed E-state index contributed by atoms with van der Waals surface area (Å²) in [5, 5.41) is 13.5. The average molecular weight is 355 g/mol. The summed E-state index contributed by atoms with van der Waals surface area (Å²) in [5.41, 5.74) is 2.36. The Hall–Kier alpha value is -2.63. The minimum absolute atomic E-state index is 0.0585. The molecule has 1 aliphatic rings. The van der Waals surface area contributed by atoms with Crippen LogP contribution in [0.2, 0.25) is 0 Å². The fraction of sp³-hybridized carbons (Fsp3) is 0.450. The second-order valence-corrected chi connectivity index (χ2v) is 6.68. The highest BCUT2D eigenvalue weighted by Gasteiger charge is 2.27. The van der Waals surface area contributed by atoms with E-state index in [-0.39, 0.29) is 18.9 Å². The Labute approximate surface area is 153 Å². The summed E-state index contributed by atoms with van der Waals surface area (Å²) in [4.78, 5) is 25.6. The van der Waals surface area contributed by atoms with Crippen molar-refractivity contribution in [2.45, 2.75) is 45.1 Å². The van der Waals surface area contributed by atoms with E-state index in [1.54, 1.807) is 11.1 Å². The Morgan fingerprint density at radius 1 is 1.23 bits per heavy atom. The van der Waals surface area contributed by atoms with E-state index < -0.39 is 5.97 Å². The molecule has 0 spiro atoms. The number of hydrogen-bond donors (Lipinski definition) is 1. The molecule has 1 aliphatic carbocycles. The SMILES string of the molecule is CCN(CCC(=O)O)C(=O)c1cnn(C2CCCC2)c1-c1ccccc1. The monoisotopic (exact) mass is 355 g/mol. The van der Waals surface area contributed by atoms with Crippen molar-refractivity contribution in [3.8, 4) is 11.3 Å². The molecule has 0 saturated heterocycles. The molecule has 0 atom stereocenters. The number of aromatic nitrogens is 2. The molecule has 1 N–H and O–H groups in total. The summed E-state index contributed by atoms with van der Waals surface area (Å²) < 4.78 is 2.00. The van der Waals surface area contributed by atoms with E-state index in [1.807, 2.05) is 41.9 Å². The predicted molar refractivity (Wildman–Crippen MR) is 99.0 cm³/mol. The largest absolute Gasteiger partial charge is 0.481 e. The van der Waals surface area contributed by atoms with Crippen LogP contribution >= 0.6 is 0 Å². The van der Waals surface area contributed by atoms with Gasteiger partial charge in [-0.25, -0.2) is 0 Å². The topological polar surface area (TPSA) is 75.4 Å². The Bertz CT molecular complexity index is 764. The third-order valence-corrected chi connectivity index (χ3v) is 5.01. The number of nitrogens with zero attached hydrogens (tertiary/aromatic N) is 3. The van der Waals surface area contributed by atoms with Gasteiger partial charge in [0.25, 0.3) is 5.91 Å². The molecule has 0 radical (unpaired) electrons. The van der Waals surface area contributed by atoms with E-state index >= 15 is 0 Å². The summed E-state index contributed by atoms with van der Waals surface area (Å²) in [7, 11) is 0. The average Bonchev–Trinajstić information content (AvgIpc) is 3.31. The lowest BCUT2D eigenvalue weighted by Gasteiger charge is -2.21. The molecule has 1 aromatic heterocycles. The zero-order valence-corrected chi connectivity index (χ0v) is 15.1. The van der Waals surface area contributed by atoms with Gasteiger partial charge in [-0.05, 0) is 19.8 Å². The van der Waals surface area contributed by atoms with E-state index in [0.717, 1.165) is 24.1 Å². The van der Waals surface area contributed by atoms with E-state index in [1.165, 1.54) is 12.8 Å². The third-order valence-electron chi connectivity index (χ3n) is 5.01. The first kappa shape index (κ1) is 18.2. The molecule has 138 valence electrons. The second-order valence-electron chi connectivity index (χ2n) is 6.68. The minimum Gasteiger partial charge on any atom is -0.481 e. The molecule has 6 nitrogen and oxygen atoms in total. The predicted octanol–water partition coefficient (Wildman–Crippen LogP) is 3.60. The van der Waals surface area contributed by atoms with E-state index in [2.05, 4.69) is 5.10 Å². The highest BCUT2D eigenvalue weighted by molar-refractivity contribution is 6.00. The van der Waals surface area contributed by atoms with Gasteiger partial charge in [0.2, 0.25) is 0 Å². The maximum absolute atomic E-state index is 13.1. The van der Waals surface area contributed by atoms with Gasteiger partial charge in [-0.1, -0.05) is 43.2 Å². The van der Waals surface area contributed by atoms with Gasteiger partial charge < -0.3 is 10.0 Å². The van der Waals surface area contributed by atoms with Crippen molar-refractivity contribution in [3.63, 3.8) is 0 Å². The van der Waals surface area contributed by atoms with Crippen molar-refractivity contribution >= 4 is 11.9 Å². The van der Waals surface area contributed by atoms with Gasteiger partial charge in [0, 0.05) is 18.7 Å². The van der Waals surface area contributed by atoms with Crippen molar-refractivity contribution < 1.29 is 14.7 Å². The molecule has 1 amide bonds. The standard InChI is InChI=1S/C20H25N3O3/c1-2-22(13-12-18(24)25)20(26)17-14-21-23(16-10-6-7-11-16)19(17)15-8-4-3-5-9-15/h3-5,8-9,14,16H,2,6-7,10-13H2,1H3,(H,24,25). The smallest absolute Gasteiger partial charge is 0.305 e. The number of carboxylic acid groups (broad SMARTS) is 1. The van der Waals surface area contributed by atoms with Crippen LogP contribution in [0.4, 0.5) is 0 Å². The summed E-state index contributed by atoms with van der Waals surface area (Å²) >= 11 is 0. The van der Waals surface area contributed by atoms with E-state index in [9.17, 15) is 9.59 Å². The zero-order valence-electron chi connectivity index (χ0n) is 15.1.